The fourth-order valence-corrected chi connectivity index (χ4v) is 3.42. The average molecular weight is 500 g/mol. The Morgan fingerprint density at radius 3 is 2.43 bits per heavy atom. The largest absolute Gasteiger partial charge is 0.306 e. The molecule has 0 aliphatic heterocycles. The Kier molecular flexibility index (Phi) is 6.26. The SMILES string of the molecule is CCNC(c1cc(Br)ccc1Br)c1ccc(Br)c(Cl)c1F. The van der Waals surface area contributed by atoms with Crippen molar-refractivity contribution in [1.29, 1.82) is 0 Å². The van der Waals surface area contributed by atoms with E-state index < -0.39 is 5.82 Å². The van der Waals surface area contributed by atoms with Crippen LogP contribution in [0.1, 0.15) is 24.1 Å². The number of rotatable bonds is 4. The summed E-state index contributed by atoms with van der Waals surface area (Å²) in [4.78, 5) is 0. The average Bonchev–Trinajstić information content (AvgIpc) is 2.46. The van der Waals surface area contributed by atoms with Crippen LogP contribution in [-0.2, 0) is 0 Å². The Morgan fingerprint density at radius 1 is 1.10 bits per heavy atom. The first-order chi connectivity index (χ1) is 9.95. The minimum absolute atomic E-state index is 0.0986. The highest BCUT2D eigenvalue weighted by Crippen LogP contribution is 2.36. The molecule has 0 fully saturated rings. The maximum Gasteiger partial charge on any atom is 0.148 e. The van der Waals surface area contributed by atoms with Crippen molar-refractivity contribution in [3.63, 3.8) is 0 Å². The lowest BCUT2D eigenvalue weighted by Crippen LogP contribution is -2.23. The molecule has 112 valence electrons. The van der Waals surface area contributed by atoms with Gasteiger partial charge >= 0.3 is 0 Å². The Morgan fingerprint density at radius 2 is 1.76 bits per heavy atom. The third-order valence-corrected chi connectivity index (χ3v) is 5.53. The Hall–Kier alpha value is 0.0600. The van der Waals surface area contributed by atoms with Crippen molar-refractivity contribution in [1.82, 2.24) is 5.32 Å². The van der Waals surface area contributed by atoms with Crippen molar-refractivity contribution in [2.24, 2.45) is 0 Å². The molecule has 0 spiro atoms. The van der Waals surface area contributed by atoms with Crippen LogP contribution in [0.3, 0.4) is 0 Å². The molecule has 0 aliphatic carbocycles. The van der Waals surface area contributed by atoms with Gasteiger partial charge in [-0.05, 0) is 52.3 Å². The molecule has 2 aromatic carbocycles. The molecule has 1 atom stereocenters. The van der Waals surface area contributed by atoms with Gasteiger partial charge in [-0.25, -0.2) is 4.39 Å². The van der Waals surface area contributed by atoms with Crippen LogP contribution in [0.25, 0.3) is 0 Å². The molecule has 0 aromatic heterocycles. The van der Waals surface area contributed by atoms with Gasteiger partial charge in [-0.3, -0.25) is 0 Å². The molecule has 0 saturated heterocycles. The predicted octanol–water partition coefficient (Wildman–Crippen LogP) is 6.47. The van der Waals surface area contributed by atoms with Gasteiger partial charge in [0.15, 0.2) is 0 Å². The fourth-order valence-electron chi connectivity index (χ4n) is 2.09. The fraction of sp³-hybridized carbons (Fsp3) is 0.200. The summed E-state index contributed by atoms with van der Waals surface area (Å²) in [7, 11) is 0. The van der Waals surface area contributed by atoms with Gasteiger partial charge in [-0.2, -0.15) is 0 Å². The monoisotopic (exact) mass is 497 g/mol. The minimum atomic E-state index is -0.413. The van der Waals surface area contributed by atoms with E-state index in [0.717, 1.165) is 14.5 Å². The van der Waals surface area contributed by atoms with Crippen LogP contribution in [0, 0.1) is 5.82 Å². The van der Waals surface area contributed by atoms with Crippen LogP contribution in [0.15, 0.2) is 43.7 Å². The molecule has 2 aromatic rings. The van der Waals surface area contributed by atoms with Crippen LogP contribution in [0.4, 0.5) is 4.39 Å². The van der Waals surface area contributed by atoms with Crippen molar-refractivity contribution in [2.75, 3.05) is 6.54 Å². The molecule has 1 N–H and O–H groups in total. The molecule has 1 nitrogen and oxygen atoms in total. The summed E-state index contributed by atoms with van der Waals surface area (Å²) in [5.41, 5.74) is 1.47. The zero-order valence-electron chi connectivity index (χ0n) is 11.1. The lowest BCUT2D eigenvalue weighted by atomic mass is 9.98. The van der Waals surface area contributed by atoms with Gasteiger partial charge in [0.1, 0.15) is 5.82 Å². The number of halogens is 5. The van der Waals surface area contributed by atoms with Gasteiger partial charge in [-0.1, -0.05) is 56.5 Å². The minimum Gasteiger partial charge on any atom is -0.306 e. The van der Waals surface area contributed by atoms with E-state index in [4.69, 9.17) is 11.6 Å². The van der Waals surface area contributed by atoms with Crippen LogP contribution in [0.5, 0.6) is 0 Å². The zero-order valence-corrected chi connectivity index (χ0v) is 16.6. The molecule has 6 heteroatoms. The Bertz CT molecular complexity index is 664. The van der Waals surface area contributed by atoms with E-state index in [2.05, 4.69) is 53.1 Å². The van der Waals surface area contributed by atoms with Crippen molar-refractivity contribution < 1.29 is 4.39 Å². The Labute approximate surface area is 153 Å². The van der Waals surface area contributed by atoms with Gasteiger partial charge in [0.2, 0.25) is 0 Å². The maximum absolute atomic E-state index is 14.5. The van der Waals surface area contributed by atoms with Crippen LogP contribution < -0.4 is 5.32 Å². The second-order valence-corrected chi connectivity index (χ2v) is 7.42. The summed E-state index contributed by atoms with van der Waals surface area (Å²) in [6, 6.07) is 9.05. The Balaban J connectivity index is 2.59. The molecular weight excluding hydrogens is 488 g/mol. The molecule has 0 heterocycles. The summed E-state index contributed by atoms with van der Waals surface area (Å²) in [5.74, 6) is -0.413. The van der Waals surface area contributed by atoms with Crippen molar-refractivity contribution in [3.8, 4) is 0 Å². The third kappa shape index (κ3) is 3.88. The first kappa shape index (κ1) is 17.4. The predicted molar refractivity (Wildman–Crippen MR) is 96.5 cm³/mol. The molecule has 0 amide bonds. The van der Waals surface area contributed by atoms with Gasteiger partial charge in [0.25, 0.3) is 0 Å². The standard InChI is InChI=1S/C15H12Br3ClFN/c1-2-21-15(10-7-8(16)3-5-11(10)17)9-4-6-12(18)13(19)14(9)20/h3-7,15,21H,2H2,1H3. The second-order valence-electron chi connectivity index (χ2n) is 4.42. The lowest BCUT2D eigenvalue weighted by molar-refractivity contribution is 0.557. The summed E-state index contributed by atoms with van der Waals surface area (Å²) in [6.07, 6.45) is 0. The van der Waals surface area contributed by atoms with Crippen molar-refractivity contribution >= 4 is 59.4 Å². The van der Waals surface area contributed by atoms with Gasteiger partial charge in [0, 0.05) is 19.0 Å². The molecule has 0 radical (unpaired) electrons. The summed E-state index contributed by atoms with van der Waals surface area (Å²) >= 11 is 16.2. The lowest BCUT2D eigenvalue weighted by Gasteiger charge is -2.22. The first-order valence-corrected chi connectivity index (χ1v) is 9.03. The van der Waals surface area contributed by atoms with Crippen molar-refractivity contribution in [3.05, 3.63) is 65.7 Å². The summed E-state index contributed by atoms with van der Waals surface area (Å²) in [5, 5.41) is 3.40. The highest BCUT2D eigenvalue weighted by atomic mass is 79.9. The van der Waals surface area contributed by atoms with E-state index in [1.807, 2.05) is 25.1 Å². The van der Waals surface area contributed by atoms with Crippen LogP contribution >= 0.6 is 59.4 Å². The first-order valence-electron chi connectivity index (χ1n) is 6.27. The smallest absolute Gasteiger partial charge is 0.148 e. The molecular formula is C15H12Br3ClFN. The quantitative estimate of drug-likeness (QED) is 0.475. The second kappa shape index (κ2) is 7.55. The van der Waals surface area contributed by atoms with Crippen LogP contribution in [0.2, 0.25) is 5.02 Å². The number of hydrogen-bond donors (Lipinski definition) is 1. The van der Waals surface area contributed by atoms with E-state index in [-0.39, 0.29) is 11.1 Å². The normalized spacial score (nSPS) is 12.5. The highest BCUT2D eigenvalue weighted by molar-refractivity contribution is 9.11. The summed E-state index contributed by atoms with van der Waals surface area (Å²) < 4.78 is 16.9. The number of benzene rings is 2. The van der Waals surface area contributed by atoms with E-state index in [0.29, 0.717) is 16.6 Å². The highest BCUT2D eigenvalue weighted by Gasteiger charge is 2.22. The van der Waals surface area contributed by atoms with Gasteiger partial charge < -0.3 is 5.32 Å². The summed E-state index contributed by atoms with van der Waals surface area (Å²) in [6.45, 7) is 2.69. The molecule has 1 unspecified atom stereocenters. The van der Waals surface area contributed by atoms with E-state index in [9.17, 15) is 4.39 Å². The van der Waals surface area contributed by atoms with E-state index in [1.165, 1.54) is 0 Å². The van der Waals surface area contributed by atoms with Crippen LogP contribution in [-0.4, -0.2) is 6.54 Å². The maximum atomic E-state index is 14.5. The molecule has 0 bridgehead atoms. The zero-order chi connectivity index (χ0) is 15.6. The molecule has 0 saturated carbocycles. The van der Waals surface area contributed by atoms with Crippen molar-refractivity contribution in [2.45, 2.75) is 13.0 Å². The number of hydrogen-bond acceptors (Lipinski definition) is 1. The van der Waals surface area contributed by atoms with Gasteiger partial charge in [-0.15, -0.1) is 0 Å². The topological polar surface area (TPSA) is 12.0 Å². The number of nitrogens with one attached hydrogen (secondary N) is 1. The van der Waals surface area contributed by atoms with E-state index in [1.54, 1.807) is 12.1 Å². The third-order valence-electron chi connectivity index (χ3n) is 3.05. The molecule has 0 aliphatic rings. The van der Waals surface area contributed by atoms with E-state index >= 15 is 0 Å². The molecule has 21 heavy (non-hydrogen) atoms. The van der Waals surface area contributed by atoms with Gasteiger partial charge in [0.05, 0.1) is 11.1 Å². The molecule has 2 rings (SSSR count).